The number of nitriles is 1. The summed E-state index contributed by atoms with van der Waals surface area (Å²) < 4.78 is 42.6. The van der Waals surface area contributed by atoms with Gasteiger partial charge in [0.2, 0.25) is 0 Å². The Bertz CT molecular complexity index is 917. The molecule has 0 aliphatic carbocycles. The van der Waals surface area contributed by atoms with Crippen molar-refractivity contribution in [2.45, 2.75) is 6.18 Å². The molecule has 0 bridgehead atoms. The number of carbonyl (C=O) groups is 2. The second kappa shape index (κ2) is 9.23. The molecule has 144 valence electrons. The average molecular weight is 389 g/mol. The van der Waals surface area contributed by atoms with Gasteiger partial charge in [-0.15, -0.1) is 0 Å². The van der Waals surface area contributed by atoms with Gasteiger partial charge in [0.25, 0.3) is 11.8 Å². The molecule has 0 aliphatic heterocycles. The fraction of sp³-hybridized carbons (Fsp3) is 0.105. The van der Waals surface area contributed by atoms with Gasteiger partial charge in [0.15, 0.2) is 6.61 Å². The number of hydrazine groups is 1. The summed E-state index contributed by atoms with van der Waals surface area (Å²) in [4.78, 5) is 23.3. The molecule has 28 heavy (non-hydrogen) atoms. The molecule has 0 saturated carbocycles. The molecule has 9 heteroatoms. The Labute approximate surface area is 158 Å². The van der Waals surface area contributed by atoms with Crippen molar-refractivity contribution in [3.8, 4) is 11.8 Å². The first-order valence-corrected chi connectivity index (χ1v) is 7.85. The van der Waals surface area contributed by atoms with Crippen molar-refractivity contribution in [2.75, 3.05) is 6.61 Å². The molecule has 6 nitrogen and oxygen atoms in total. The lowest BCUT2D eigenvalue weighted by Crippen LogP contribution is -2.43. The third kappa shape index (κ3) is 6.17. The molecular formula is C19H14F3N3O3. The Morgan fingerprint density at radius 3 is 2.39 bits per heavy atom. The van der Waals surface area contributed by atoms with Gasteiger partial charge in [0.05, 0.1) is 11.1 Å². The van der Waals surface area contributed by atoms with Gasteiger partial charge < -0.3 is 4.74 Å². The number of alkyl halides is 3. The van der Waals surface area contributed by atoms with Gasteiger partial charge in [-0.3, -0.25) is 20.4 Å². The molecule has 0 heterocycles. The molecule has 0 atom stereocenters. The van der Waals surface area contributed by atoms with Crippen molar-refractivity contribution >= 4 is 17.9 Å². The monoisotopic (exact) mass is 389 g/mol. The predicted molar refractivity (Wildman–Crippen MR) is 93.4 cm³/mol. The topological polar surface area (TPSA) is 91.2 Å². The second-order valence-corrected chi connectivity index (χ2v) is 5.39. The summed E-state index contributed by atoms with van der Waals surface area (Å²) in [6, 6.07) is 12.5. The smallest absolute Gasteiger partial charge is 0.416 e. The number of para-hydroxylation sites is 1. The van der Waals surface area contributed by atoms with Crippen LogP contribution in [-0.2, 0) is 15.8 Å². The number of benzene rings is 2. The number of nitrogens with zero attached hydrogens (tertiary/aromatic N) is 1. The quantitative estimate of drug-likeness (QED) is 0.608. The molecule has 0 aliphatic rings. The van der Waals surface area contributed by atoms with Gasteiger partial charge in [-0.25, -0.2) is 0 Å². The van der Waals surface area contributed by atoms with Crippen LogP contribution in [0.25, 0.3) is 6.08 Å². The van der Waals surface area contributed by atoms with Crippen LogP contribution in [0.3, 0.4) is 0 Å². The molecule has 2 amide bonds. The molecule has 0 saturated heterocycles. The summed E-state index contributed by atoms with van der Waals surface area (Å²) in [5.74, 6) is -1.12. The number of nitrogens with one attached hydrogen (secondary N) is 2. The number of halogens is 3. The first kappa shape index (κ1) is 20.5. The van der Waals surface area contributed by atoms with Crippen molar-refractivity contribution < 1.29 is 27.5 Å². The summed E-state index contributed by atoms with van der Waals surface area (Å²) >= 11 is 0. The summed E-state index contributed by atoms with van der Waals surface area (Å²) in [5, 5.41) is 8.92. The van der Waals surface area contributed by atoms with E-state index in [1.165, 1.54) is 30.3 Å². The van der Waals surface area contributed by atoms with E-state index in [-0.39, 0.29) is 11.3 Å². The maximum Gasteiger partial charge on any atom is 0.416 e. The van der Waals surface area contributed by atoms with Crippen LogP contribution in [0.1, 0.15) is 16.7 Å². The molecule has 2 aromatic carbocycles. The van der Waals surface area contributed by atoms with Crippen LogP contribution in [0.15, 0.2) is 54.6 Å². The van der Waals surface area contributed by atoms with Crippen LogP contribution in [0.2, 0.25) is 0 Å². The van der Waals surface area contributed by atoms with Gasteiger partial charge in [-0.2, -0.15) is 18.4 Å². The highest BCUT2D eigenvalue weighted by Gasteiger charge is 2.29. The summed E-state index contributed by atoms with van der Waals surface area (Å²) in [6.45, 7) is -0.429. The van der Waals surface area contributed by atoms with E-state index in [0.717, 1.165) is 18.2 Å². The second-order valence-electron chi connectivity index (χ2n) is 5.39. The number of ether oxygens (including phenoxy) is 1. The minimum absolute atomic E-state index is 0.230. The van der Waals surface area contributed by atoms with Crippen molar-refractivity contribution in [3.05, 3.63) is 71.3 Å². The van der Waals surface area contributed by atoms with E-state index in [0.29, 0.717) is 5.56 Å². The number of carbonyl (C=O) groups excluding carboxylic acids is 2. The highest BCUT2D eigenvalue weighted by atomic mass is 19.4. The van der Waals surface area contributed by atoms with Gasteiger partial charge in [-0.1, -0.05) is 24.3 Å². The standard InChI is InChI=1S/C19H14F3N3O3/c20-19(21,22)15-8-5-13(6-9-15)7-10-17(26)24-25-18(27)12-28-16-4-2-1-3-14(16)11-23/h1-10H,12H2,(H,24,26)(H,25,27)/b10-7+. The zero-order valence-corrected chi connectivity index (χ0v) is 14.3. The lowest BCUT2D eigenvalue weighted by Gasteiger charge is -2.08. The third-order valence-electron chi connectivity index (χ3n) is 3.36. The van der Waals surface area contributed by atoms with E-state index in [9.17, 15) is 22.8 Å². The molecule has 0 radical (unpaired) electrons. The summed E-state index contributed by atoms with van der Waals surface area (Å²) in [6.07, 6.45) is -2.09. The van der Waals surface area contributed by atoms with Gasteiger partial charge in [0, 0.05) is 6.08 Å². The fourth-order valence-electron chi connectivity index (χ4n) is 1.99. The summed E-state index contributed by atoms with van der Waals surface area (Å²) in [7, 11) is 0. The number of hydrogen-bond acceptors (Lipinski definition) is 4. The van der Waals surface area contributed by atoms with Crippen LogP contribution >= 0.6 is 0 Å². The van der Waals surface area contributed by atoms with Crippen molar-refractivity contribution in [3.63, 3.8) is 0 Å². The van der Waals surface area contributed by atoms with E-state index in [1.54, 1.807) is 12.1 Å². The first-order valence-electron chi connectivity index (χ1n) is 7.85. The first-order chi connectivity index (χ1) is 13.3. The normalized spacial score (nSPS) is 10.9. The Kier molecular flexibility index (Phi) is 6.76. The van der Waals surface area contributed by atoms with E-state index >= 15 is 0 Å². The largest absolute Gasteiger partial charge is 0.482 e. The van der Waals surface area contributed by atoms with Gasteiger partial charge in [0.1, 0.15) is 11.8 Å². The third-order valence-corrected chi connectivity index (χ3v) is 3.36. The molecule has 0 spiro atoms. The van der Waals surface area contributed by atoms with Crippen molar-refractivity contribution in [1.82, 2.24) is 10.9 Å². The zero-order valence-electron chi connectivity index (χ0n) is 14.3. The summed E-state index contributed by atoms with van der Waals surface area (Å²) in [5.41, 5.74) is 4.06. The van der Waals surface area contributed by atoms with Crippen LogP contribution in [0.4, 0.5) is 13.2 Å². The zero-order chi connectivity index (χ0) is 20.6. The van der Waals surface area contributed by atoms with Crippen molar-refractivity contribution in [1.29, 1.82) is 5.26 Å². The molecular weight excluding hydrogens is 375 g/mol. The number of amides is 2. The fourth-order valence-corrected chi connectivity index (χ4v) is 1.99. The molecule has 2 N–H and O–H groups in total. The highest BCUT2D eigenvalue weighted by Crippen LogP contribution is 2.29. The van der Waals surface area contributed by atoms with E-state index in [4.69, 9.17) is 10.00 Å². The maximum absolute atomic E-state index is 12.5. The molecule has 0 unspecified atom stereocenters. The predicted octanol–water partition coefficient (Wildman–Crippen LogP) is 2.82. The number of rotatable bonds is 5. The Morgan fingerprint density at radius 2 is 1.75 bits per heavy atom. The van der Waals surface area contributed by atoms with Crippen LogP contribution in [-0.4, -0.2) is 18.4 Å². The molecule has 0 aromatic heterocycles. The number of hydrogen-bond donors (Lipinski definition) is 2. The molecule has 0 fully saturated rings. The van der Waals surface area contributed by atoms with Crippen LogP contribution in [0.5, 0.6) is 5.75 Å². The van der Waals surface area contributed by atoms with Crippen LogP contribution in [0, 0.1) is 11.3 Å². The Morgan fingerprint density at radius 1 is 1.07 bits per heavy atom. The Hall–Kier alpha value is -3.80. The lowest BCUT2D eigenvalue weighted by molar-refractivity contribution is -0.137. The highest BCUT2D eigenvalue weighted by molar-refractivity contribution is 5.93. The van der Waals surface area contributed by atoms with E-state index < -0.39 is 30.2 Å². The minimum Gasteiger partial charge on any atom is -0.482 e. The van der Waals surface area contributed by atoms with Gasteiger partial charge in [-0.05, 0) is 35.9 Å². The van der Waals surface area contributed by atoms with Crippen molar-refractivity contribution in [2.24, 2.45) is 0 Å². The SMILES string of the molecule is N#Cc1ccccc1OCC(=O)NNC(=O)/C=C/c1ccc(C(F)(F)F)cc1. The maximum atomic E-state index is 12.5. The average Bonchev–Trinajstić information content (AvgIpc) is 2.69. The van der Waals surface area contributed by atoms with E-state index in [2.05, 4.69) is 10.9 Å². The van der Waals surface area contributed by atoms with Gasteiger partial charge >= 0.3 is 6.18 Å². The molecule has 2 aromatic rings. The lowest BCUT2D eigenvalue weighted by atomic mass is 10.1. The van der Waals surface area contributed by atoms with Crippen LogP contribution < -0.4 is 15.6 Å². The minimum atomic E-state index is -4.43. The Balaban J connectivity index is 1.79. The van der Waals surface area contributed by atoms with E-state index in [1.807, 2.05) is 6.07 Å². The molecule has 2 rings (SSSR count).